The highest BCUT2D eigenvalue weighted by Crippen LogP contribution is 2.34. The van der Waals surface area contributed by atoms with Crippen molar-refractivity contribution in [3.63, 3.8) is 0 Å². The summed E-state index contributed by atoms with van der Waals surface area (Å²) in [5.74, 6) is -1.59. The summed E-state index contributed by atoms with van der Waals surface area (Å²) < 4.78 is 33.4. The zero-order chi connectivity index (χ0) is 14.9. The number of benzene rings is 2. The third-order valence-electron chi connectivity index (χ3n) is 3.09. The predicted molar refractivity (Wildman–Crippen MR) is 75.9 cm³/mol. The zero-order valence-electron chi connectivity index (χ0n) is 11.0. The molecule has 0 spiro atoms. The van der Waals surface area contributed by atoms with Gasteiger partial charge in [0.05, 0.1) is 7.11 Å². The number of aliphatic hydroxyl groups is 1. The molecule has 2 rings (SSSR count). The first-order valence-electron chi connectivity index (χ1n) is 5.91. The third kappa shape index (κ3) is 2.69. The minimum absolute atomic E-state index is 0.117. The molecule has 0 amide bonds. The molecule has 2 aromatic carbocycles. The second kappa shape index (κ2) is 5.89. The van der Waals surface area contributed by atoms with Crippen LogP contribution < -0.4 is 4.74 Å². The molecule has 0 saturated heterocycles. The van der Waals surface area contributed by atoms with Crippen molar-refractivity contribution in [3.05, 3.63) is 63.1 Å². The van der Waals surface area contributed by atoms with E-state index in [0.717, 1.165) is 4.47 Å². The molecule has 0 aliphatic rings. The van der Waals surface area contributed by atoms with Crippen LogP contribution in [0.1, 0.15) is 22.8 Å². The van der Waals surface area contributed by atoms with Gasteiger partial charge in [0.1, 0.15) is 11.9 Å². The number of ether oxygens (including phenoxy) is 1. The Morgan fingerprint density at radius 3 is 2.40 bits per heavy atom. The quantitative estimate of drug-likeness (QED) is 0.908. The Hall–Kier alpha value is -1.46. The first-order valence-corrected chi connectivity index (χ1v) is 6.71. The van der Waals surface area contributed by atoms with Gasteiger partial charge in [-0.25, -0.2) is 8.78 Å². The number of rotatable bonds is 3. The van der Waals surface area contributed by atoms with Crippen LogP contribution in [0.5, 0.6) is 5.75 Å². The van der Waals surface area contributed by atoms with Gasteiger partial charge in [0.2, 0.25) is 0 Å². The van der Waals surface area contributed by atoms with E-state index >= 15 is 0 Å². The van der Waals surface area contributed by atoms with Gasteiger partial charge in [-0.05, 0) is 24.6 Å². The van der Waals surface area contributed by atoms with Crippen molar-refractivity contribution >= 4 is 15.9 Å². The molecule has 0 fully saturated rings. The van der Waals surface area contributed by atoms with E-state index in [2.05, 4.69) is 15.9 Å². The number of aryl methyl sites for hydroxylation is 1. The van der Waals surface area contributed by atoms with Crippen molar-refractivity contribution in [1.29, 1.82) is 0 Å². The van der Waals surface area contributed by atoms with Crippen molar-refractivity contribution < 1.29 is 18.6 Å². The van der Waals surface area contributed by atoms with Crippen LogP contribution in [-0.2, 0) is 0 Å². The van der Waals surface area contributed by atoms with Gasteiger partial charge in [-0.2, -0.15) is 0 Å². The van der Waals surface area contributed by atoms with Crippen LogP contribution in [0.3, 0.4) is 0 Å². The van der Waals surface area contributed by atoms with Gasteiger partial charge in [0.15, 0.2) is 11.6 Å². The lowest BCUT2D eigenvalue weighted by Crippen LogP contribution is -2.07. The Morgan fingerprint density at radius 2 is 1.75 bits per heavy atom. The van der Waals surface area contributed by atoms with Crippen LogP contribution >= 0.6 is 15.9 Å². The highest BCUT2D eigenvalue weighted by molar-refractivity contribution is 9.10. The van der Waals surface area contributed by atoms with E-state index in [1.165, 1.54) is 26.2 Å². The van der Waals surface area contributed by atoms with Crippen molar-refractivity contribution in [2.24, 2.45) is 0 Å². The number of methoxy groups -OCH3 is 1. The topological polar surface area (TPSA) is 29.5 Å². The molecule has 5 heteroatoms. The number of hydrogen-bond donors (Lipinski definition) is 1. The maximum atomic E-state index is 13.9. The molecule has 1 N–H and O–H groups in total. The van der Waals surface area contributed by atoms with Crippen LogP contribution in [0.4, 0.5) is 8.78 Å². The van der Waals surface area contributed by atoms with Crippen LogP contribution in [0.2, 0.25) is 0 Å². The molecule has 0 saturated carbocycles. The standard InChI is InChI=1S/C15H13BrF2O2/c1-8-3-5-11(14(18)13(8)17)15(19)10-6-4-9(16)7-12(10)20-2/h3-7,15,19H,1-2H3. The predicted octanol–water partition coefficient (Wildman–Crippen LogP) is 4.13. The molecule has 0 heterocycles. The van der Waals surface area contributed by atoms with Gasteiger partial charge in [-0.3, -0.25) is 0 Å². The van der Waals surface area contributed by atoms with Gasteiger partial charge in [0, 0.05) is 15.6 Å². The summed E-state index contributed by atoms with van der Waals surface area (Å²) in [6.07, 6.45) is -1.30. The summed E-state index contributed by atoms with van der Waals surface area (Å²) in [7, 11) is 1.45. The third-order valence-corrected chi connectivity index (χ3v) is 3.58. The maximum absolute atomic E-state index is 13.9. The van der Waals surface area contributed by atoms with Crippen LogP contribution in [0.15, 0.2) is 34.8 Å². The van der Waals surface area contributed by atoms with E-state index in [1.807, 2.05) is 0 Å². The monoisotopic (exact) mass is 342 g/mol. The van der Waals surface area contributed by atoms with Gasteiger partial charge in [-0.1, -0.05) is 34.1 Å². The molecular weight excluding hydrogens is 330 g/mol. The van der Waals surface area contributed by atoms with E-state index in [0.29, 0.717) is 11.3 Å². The Labute approximate surface area is 124 Å². The van der Waals surface area contributed by atoms with Crippen molar-refractivity contribution in [2.75, 3.05) is 7.11 Å². The van der Waals surface area contributed by atoms with E-state index in [9.17, 15) is 13.9 Å². The Morgan fingerprint density at radius 1 is 1.10 bits per heavy atom. The van der Waals surface area contributed by atoms with Crippen molar-refractivity contribution in [3.8, 4) is 5.75 Å². The van der Waals surface area contributed by atoms with Crippen molar-refractivity contribution in [2.45, 2.75) is 13.0 Å². The highest BCUT2D eigenvalue weighted by atomic mass is 79.9. The Kier molecular flexibility index (Phi) is 4.40. The summed E-state index contributed by atoms with van der Waals surface area (Å²) in [5, 5.41) is 10.3. The summed E-state index contributed by atoms with van der Waals surface area (Å²) in [6, 6.07) is 7.76. The summed E-state index contributed by atoms with van der Waals surface area (Å²) in [5.41, 5.74) is 0.452. The first kappa shape index (κ1) is 14.9. The van der Waals surface area contributed by atoms with Crippen LogP contribution in [-0.4, -0.2) is 12.2 Å². The Bertz CT molecular complexity index is 644. The molecule has 0 aromatic heterocycles. The van der Waals surface area contributed by atoms with Gasteiger partial charge < -0.3 is 9.84 Å². The largest absolute Gasteiger partial charge is 0.496 e. The lowest BCUT2D eigenvalue weighted by Gasteiger charge is -2.16. The summed E-state index contributed by atoms with van der Waals surface area (Å²) >= 11 is 3.28. The highest BCUT2D eigenvalue weighted by Gasteiger charge is 2.22. The minimum atomic E-state index is -1.30. The fourth-order valence-electron chi connectivity index (χ4n) is 1.95. The molecule has 0 radical (unpaired) electrons. The number of halogens is 3. The molecule has 106 valence electrons. The molecule has 1 atom stereocenters. The lowest BCUT2D eigenvalue weighted by molar-refractivity contribution is 0.208. The van der Waals surface area contributed by atoms with Crippen LogP contribution in [0, 0.1) is 18.6 Å². The van der Waals surface area contributed by atoms with Gasteiger partial charge in [-0.15, -0.1) is 0 Å². The normalized spacial score (nSPS) is 12.3. The molecule has 0 bridgehead atoms. The maximum Gasteiger partial charge on any atom is 0.165 e. The SMILES string of the molecule is COc1cc(Br)ccc1C(O)c1ccc(C)c(F)c1F. The molecule has 20 heavy (non-hydrogen) atoms. The fraction of sp³-hybridized carbons (Fsp3) is 0.200. The Balaban J connectivity index is 2.52. The molecule has 2 aromatic rings. The average Bonchev–Trinajstić information content (AvgIpc) is 2.44. The van der Waals surface area contributed by atoms with Crippen LogP contribution in [0.25, 0.3) is 0 Å². The second-order valence-corrected chi connectivity index (χ2v) is 5.30. The smallest absolute Gasteiger partial charge is 0.165 e. The molecule has 0 aliphatic heterocycles. The molecular formula is C15H13BrF2O2. The fourth-order valence-corrected chi connectivity index (χ4v) is 2.29. The molecule has 1 unspecified atom stereocenters. The van der Waals surface area contributed by atoms with E-state index in [4.69, 9.17) is 4.74 Å². The molecule has 2 nitrogen and oxygen atoms in total. The van der Waals surface area contributed by atoms with E-state index < -0.39 is 17.7 Å². The molecule has 0 aliphatic carbocycles. The first-order chi connectivity index (χ1) is 9.45. The lowest BCUT2D eigenvalue weighted by atomic mass is 9.99. The van der Waals surface area contributed by atoms with Gasteiger partial charge in [0.25, 0.3) is 0 Å². The van der Waals surface area contributed by atoms with Gasteiger partial charge >= 0.3 is 0 Å². The van der Waals surface area contributed by atoms with E-state index in [1.54, 1.807) is 18.2 Å². The summed E-state index contributed by atoms with van der Waals surface area (Å²) in [6.45, 7) is 1.47. The van der Waals surface area contributed by atoms with Crippen molar-refractivity contribution in [1.82, 2.24) is 0 Å². The minimum Gasteiger partial charge on any atom is -0.496 e. The average molecular weight is 343 g/mol. The summed E-state index contributed by atoms with van der Waals surface area (Å²) in [4.78, 5) is 0. The van der Waals surface area contributed by atoms with E-state index in [-0.39, 0.29) is 11.1 Å². The number of hydrogen-bond acceptors (Lipinski definition) is 2. The second-order valence-electron chi connectivity index (χ2n) is 4.39. The zero-order valence-corrected chi connectivity index (χ0v) is 12.5. The number of aliphatic hydroxyl groups excluding tert-OH is 1.